The van der Waals surface area contributed by atoms with Crippen LogP contribution in [0.25, 0.3) is 6.08 Å². The van der Waals surface area contributed by atoms with E-state index in [9.17, 15) is 4.79 Å². The van der Waals surface area contributed by atoms with Crippen LogP contribution in [-0.2, 0) is 9.53 Å². The van der Waals surface area contributed by atoms with Crippen LogP contribution in [-0.4, -0.2) is 24.2 Å². The summed E-state index contributed by atoms with van der Waals surface area (Å²) in [6, 6.07) is 7.48. The van der Waals surface area contributed by atoms with Crippen molar-refractivity contribution in [1.82, 2.24) is 4.98 Å². The quantitative estimate of drug-likeness (QED) is 0.452. The van der Waals surface area contributed by atoms with E-state index in [1.807, 2.05) is 29.6 Å². The van der Waals surface area contributed by atoms with E-state index in [0.29, 0.717) is 6.61 Å². The average Bonchev–Trinajstić information content (AvgIpc) is 2.95. The number of aromatic nitrogens is 1. The minimum Gasteiger partial charge on any atom is -0.490 e. The van der Waals surface area contributed by atoms with Gasteiger partial charge >= 0.3 is 5.97 Å². The molecule has 0 saturated heterocycles. The number of rotatable bonds is 6. The molecule has 104 valence electrons. The maximum Gasteiger partial charge on any atom is 0.330 e. The van der Waals surface area contributed by atoms with Crippen LogP contribution >= 0.6 is 27.3 Å². The molecular weight excluding hydrogens is 342 g/mol. The Labute approximate surface area is 129 Å². The van der Waals surface area contributed by atoms with E-state index in [4.69, 9.17) is 9.47 Å². The molecule has 6 heteroatoms. The molecule has 0 amide bonds. The fourth-order valence-corrected chi connectivity index (χ4v) is 2.27. The molecule has 4 nitrogen and oxygen atoms in total. The number of ether oxygens (including phenoxy) is 2. The Kier molecular flexibility index (Phi) is 5.76. The lowest BCUT2D eigenvalue weighted by Crippen LogP contribution is -2.10. The van der Waals surface area contributed by atoms with Crippen molar-refractivity contribution in [2.24, 2.45) is 0 Å². The Morgan fingerprint density at radius 2 is 2.30 bits per heavy atom. The topological polar surface area (TPSA) is 48.4 Å². The van der Waals surface area contributed by atoms with Crippen molar-refractivity contribution in [3.8, 4) is 5.75 Å². The molecule has 2 aromatic rings. The van der Waals surface area contributed by atoms with Crippen molar-refractivity contribution in [2.45, 2.75) is 0 Å². The Morgan fingerprint density at radius 3 is 3.05 bits per heavy atom. The number of esters is 1. The monoisotopic (exact) mass is 353 g/mol. The first-order valence-corrected chi connectivity index (χ1v) is 7.54. The largest absolute Gasteiger partial charge is 0.490 e. The van der Waals surface area contributed by atoms with E-state index in [1.54, 1.807) is 12.3 Å². The smallest absolute Gasteiger partial charge is 0.330 e. The number of nitrogens with zero attached hydrogens (tertiary/aromatic N) is 1. The third-order valence-corrected chi connectivity index (χ3v) is 3.44. The van der Waals surface area contributed by atoms with Gasteiger partial charge in [0.2, 0.25) is 0 Å². The highest BCUT2D eigenvalue weighted by Crippen LogP contribution is 2.17. The average molecular weight is 354 g/mol. The Balaban J connectivity index is 1.67. The van der Waals surface area contributed by atoms with Crippen molar-refractivity contribution >= 4 is 39.3 Å². The minimum absolute atomic E-state index is 0.202. The lowest BCUT2D eigenvalue weighted by molar-refractivity contribution is -0.138. The maximum absolute atomic E-state index is 11.4. The molecule has 0 unspecified atom stereocenters. The lowest BCUT2D eigenvalue weighted by atomic mass is 10.3. The van der Waals surface area contributed by atoms with Crippen molar-refractivity contribution in [2.75, 3.05) is 13.2 Å². The Bertz CT molecular complexity index is 584. The normalized spacial score (nSPS) is 10.7. The predicted octanol–water partition coefficient (Wildman–Crippen LogP) is 3.54. The number of carbonyl (C=O) groups is 1. The van der Waals surface area contributed by atoms with Gasteiger partial charge in [-0.1, -0.05) is 22.0 Å². The fraction of sp³-hybridized carbons (Fsp3) is 0.143. The minimum atomic E-state index is -0.405. The van der Waals surface area contributed by atoms with Gasteiger partial charge in [-0.2, -0.15) is 0 Å². The Hall–Kier alpha value is -1.66. The number of hydrogen-bond acceptors (Lipinski definition) is 5. The molecule has 0 fully saturated rings. The van der Waals surface area contributed by atoms with Crippen LogP contribution in [0.4, 0.5) is 0 Å². The third-order valence-electron chi connectivity index (χ3n) is 2.21. The van der Waals surface area contributed by atoms with E-state index in [1.165, 1.54) is 17.4 Å². The molecule has 0 bridgehead atoms. The van der Waals surface area contributed by atoms with Crippen LogP contribution in [0.5, 0.6) is 5.75 Å². The van der Waals surface area contributed by atoms with Gasteiger partial charge in [0.1, 0.15) is 24.0 Å². The zero-order valence-corrected chi connectivity index (χ0v) is 12.9. The molecule has 0 atom stereocenters. The van der Waals surface area contributed by atoms with Crippen LogP contribution in [0.3, 0.4) is 0 Å². The summed E-state index contributed by atoms with van der Waals surface area (Å²) in [6.07, 6.45) is 4.67. The van der Waals surface area contributed by atoms with Gasteiger partial charge in [0.05, 0.1) is 0 Å². The van der Waals surface area contributed by atoms with Crippen LogP contribution in [0.15, 0.2) is 46.4 Å². The highest BCUT2D eigenvalue weighted by atomic mass is 79.9. The second kappa shape index (κ2) is 7.81. The first-order chi connectivity index (χ1) is 9.74. The summed E-state index contributed by atoms with van der Waals surface area (Å²) >= 11 is 4.81. The lowest BCUT2D eigenvalue weighted by Gasteiger charge is -2.06. The molecule has 1 heterocycles. The number of thiazole rings is 1. The summed E-state index contributed by atoms with van der Waals surface area (Å²) in [4.78, 5) is 15.4. The van der Waals surface area contributed by atoms with Gasteiger partial charge in [-0.25, -0.2) is 9.78 Å². The summed E-state index contributed by atoms with van der Waals surface area (Å²) in [5.74, 6) is 0.326. The summed E-state index contributed by atoms with van der Waals surface area (Å²) < 4.78 is 11.4. The molecule has 1 aromatic heterocycles. The van der Waals surface area contributed by atoms with Gasteiger partial charge in [-0.15, -0.1) is 11.3 Å². The SMILES string of the molecule is O=C(/C=C/c1nccs1)OCCOc1cccc(Br)c1. The summed E-state index contributed by atoms with van der Waals surface area (Å²) in [5, 5.41) is 2.61. The van der Waals surface area contributed by atoms with Crippen molar-refractivity contribution in [3.63, 3.8) is 0 Å². The summed E-state index contributed by atoms with van der Waals surface area (Å²) in [5.41, 5.74) is 0. The standard InChI is InChI=1S/C14H12BrNO3S/c15-11-2-1-3-12(10-11)18-7-8-19-14(17)5-4-13-16-6-9-20-13/h1-6,9-10H,7-8H2/b5-4+. The van der Waals surface area contributed by atoms with Crippen molar-refractivity contribution < 1.29 is 14.3 Å². The predicted molar refractivity (Wildman–Crippen MR) is 81.7 cm³/mol. The van der Waals surface area contributed by atoms with E-state index >= 15 is 0 Å². The van der Waals surface area contributed by atoms with Gasteiger partial charge in [0.15, 0.2) is 0 Å². The number of halogens is 1. The van der Waals surface area contributed by atoms with Gasteiger partial charge in [-0.3, -0.25) is 0 Å². The molecule has 0 aliphatic heterocycles. The summed E-state index contributed by atoms with van der Waals surface area (Å²) in [7, 11) is 0. The Morgan fingerprint density at radius 1 is 1.40 bits per heavy atom. The third kappa shape index (κ3) is 5.14. The van der Waals surface area contributed by atoms with E-state index in [2.05, 4.69) is 20.9 Å². The number of hydrogen-bond donors (Lipinski definition) is 0. The molecule has 0 saturated carbocycles. The molecular formula is C14H12BrNO3S. The zero-order valence-electron chi connectivity index (χ0n) is 10.5. The van der Waals surface area contributed by atoms with Crippen molar-refractivity contribution in [1.29, 1.82) is 0 Å². The van der Waals surface area contributed by atoms with E-state index in [-0.39, 0.29) is 6.61 Å². The maximum atomic E-state index is 11.4. The van der Waals surface area contributed by atoms with Gasteiger partial charge < -0.3 is 9.47 Å². The highest BCUT2D eigenvalue weighted by Gasteiger charge is 1.99. The van der Waals surface area contributed by atoms with Gasteiger partial charge in [-0.05, 0) is 24.3 Å². The fourth-order valence-electron chi connectivity index (χ4n) is 1.36. The second-order valence-electron chi connectivity index (χ2n) is 3.68. The molecule has 0 radical (unpaired) electrons. The summed E-state index contributed by atoms with van der Waals surface area (Å²) in [6.45, 7) is 0.515. The molecule has 0 aliphatic carbocycles. The molecule has 2 rings (SSSR count). The first kappa shape index (κ1) is 14.7. The van der Waals surface area contributed by atoms with E-state index < -0.39 is 5.97 Å². The first-order valence-electron chi connectivity index (χ1n) is 5.87. The van der Waals surface area contributed by atoms with Crippen LogP contribution in [0, 0.1) is 0 Å². The second-order valence-corrected chi connectivity index (χ2v) is 5.52. The molecule has 0 aliphatic rings. The molecule has 0 N–H and O–H groups in total. The molecule has 1 aromatic carbocycles. The molecule has 20 heavy (non-hydrogen) atoms. The van der Waals surface area contributed by atoms with Gasteiger partial charge in [0.25, 0.3) is 0 Å². The highest BCUT2D eigenvalue weighted by molar-refractivity contribution is 9.10. The number of carbonyl (C=O) groups excluding carboxylic acids is 1. The zero-order chi connectivity index (χ0) is 14.2. The van der Waals surface area contributed by atoms with E-state index in [0.717, 1.165) is 15.2 Å². The van der Waals surface area contributed by atoms with Crippen molar-refractivity contribution in [3.05, 3.63) is 51.4 Å². The van der Waals surface area contributed by atoms with Crippen LogP contribution in [0.2, 0.25) is 0 Å². The number of benzene rings is 1. The van der Waals surface area contributed by atoms with Gasteiger partial charge in [0, 0.05) is 22.1 Å². The van der Waals surface area contributed by atoms with Crippen LogP contribution in [0.1, 0.15) is 5.01 Å². The van der Waals surface area contributed by atoms with Crippen LogP contribution < -0.4 is 4.74 Å². The molecule has 0 spiro atoms.